The van der Waals surface area contributed by atoms with Crippen molar-refractivity contribution >= 4 is 20.0 Å². The van der Waals surface area contributed by atoms with E-state index in [1.807, 2.05) is 25.1 Å². The molecule has 0 unspecified atom stereocenters. The molecule has 0 radical (unpaired) electrons. The molecule has 1 aromatic rings. The Morgan fingerprint density at radius 3 is 2.00 bits per heavy atom. The average Bonchev–Trinajstić information content (AvgIpc) is 2.15. The highest BCUT2D eigenvalue weighted by molar-refractivity contribution is 8.09. The first-order valence-corrected chi connectivity index (χ1v) is 6.40. The zero-order chi connectivity index (χ0) is 12.8. The summed E-state index contributed by atoms with van der Waals surface area (Å²) in [5.41, 5.74) is 1.17. The maximum atomic E-state index is 8.95. The molecule has 7 heteroatoms. The summed E-state index contributed by atoms with van der Waals surface area (Å²) >= 11 is 0. The largest absolute Gasteiger partial charge is 0.493 e. The molecule has 0 bridgehead atoms. The summed E-state index contributed by atoms with van der Waals surface area (Å²) in [5, 5.41) is 0. The van der Waals surface area contributed by atoms with Gasteiger partial charge in [-0.25, -0.2) is 0 Å². The number of hydrogen-bond acceptors (Lipinski definition) is 4. The molecule has 0 saturated carbocycles. The van der Waals surface area contributed by atoms with Crippen LogP contribution in [0.2, 0.25) is 0 Å². The normalized spacial score (nSPS) is 10.1. The van der Waals surface area contributed by atoms with E-state index in [1.54, 1.807) is 14.2 Å². The van der Waals surface area contributed by atoms with Crippen molar-refractivity contribution in [2.75, 3.05) is 14.2 Å². The van der Waals surface area contributed by atoms with E-state index in [0.29, 0.717) is 0 Å². The second-order valence-corrected chi connectivity index (χ2v) is 4.76. The molecular formula is C9H13ClO5S. The van der Waals surface area contributed by atoms with E-state index in [2.05, 4.69) is 10.7 Å². The van der Waals surface area contributed by atoms with Gasteiger partial charge >= 0.3 is 9.33 Å². The highest BCUT2D eigenvalue weighted by Gasteiger charge is 2.00. The highest BCUT2D eigenvalue weighted by atomic mass is 35.7. The van der Waals surface area contributed by atoms with Crippen LogP contribution in [0.3, 0.4) is 0 Å². The molecule has 16 heavy (non-hydrogen) atoms. The summed E-state index contributed by atoms with van der Waals surface area (Å²) in [6.45, 7) is 2.02. The fraction of sp³-hybridized carbons (Fsp3) is 0.333. The van der Waals surface area contributed by atoms with E-state index >= 15 is 0 Å². The molecule has 0 aliphatic heterocycles. The van der Waals surface area contributed by atoms with E-state index in [9.17, 15) is 0 Å². The van der Waals surface area contributed by atoms with Gasteiger partial charge in [0.2, 0.25) is 0 Å². The first kappa shape index (κ1) is 15.0. The van der Waals surface area contributed by atoms with Gasteiger partial charge in [0.05, 0.1) is 14.2 Å². The average molecular weight is 269 g/mol. The van der Waals surface area contributed by atoms with Crippen LogP contribution in [0, 0.1) is 6.92 Å². The van der Waals surface area contributed by atoms with Gasteiger partial charge in [-0.3, -0.25) is 4.55 Å². The molecule has 0 heterocycles. The Morgan fingerprint density at radius 1 is 1.19 bits per heavy atom. The summed E-state index contributed by atoms with van der Waals surface area (Å²) in [6.07, 6.45) is 0. The predicted molar refractivity (Wildman–Crippen MR) is 61.7 cm³/mol. The Hall–Kier alpha value is -0.980. The molecule has 0 atom stereocenters. The minimum absolute atomic E-state index is 0.776. The van der Waals surface area contributed by atoms with Crippen LogP contribution in [0.25, 0.3) is 0 Å². The van der Waals surface area contributed by atoms with Crippen molar-refractivity contribution in [3.8, 4) is 11.5 Å². The van der Waals surface area contributed by atoms with Crippen LogP contribution in [0.5, 0.6) is 11.5 Å². The van der Waals surface area contributed by atoms with E-state index in [1.165, 1.54) is 5.56 Å². The molecule has 92 valence electrons. The number of hydrogen-bond donors (Lipinski definition) is 1. The summed E-state index contributed by atoms with van der Waals surface area (Å²) in [7, 11) is 3.13. The summed E-state index contributed by atoms with van der Waals surface area (Å²) in [6, 6.07) is 5.83. The molecule has 0 amide bonds. The van der Waals surface area contributed by atoms with Crippen LogP contribution in [-0.2, 0) is 9.33 Å². The predicted octanol–water partition coefficient (Wildman–Crippen LogP) is 2.04. The second kappa shape index (κ2) is 6.57. The minimum atomic E-state index is -4.19. The van der Waals surface area contributed by atoms with Crippen LogP contribution < -0.4 is 9.47 Å². The fourth-order valence-corrected chi connectivity index (χ4v) is 0.943. The smallest absolute Gasteiger partial charge is 0.353 e. The second-order valence-electron chi connectivity index (χ2n) is 2.77. The van der Waals surface area contributed by atoms with Crippen molar-refractivity contribution in [2.45, 2.75) is 6.92 Å². The Kier molecular flexibility index (Phi) is 6.17. The third kappa shape index (κ3) is 7.33. The maximum absolute atomic E-state index is 8.95. The quantitative estimate of drug-likeness (QED) is 0.656. The molecule has 1 aromatic carbocycles. The zero-order valence-electron chi connectivity index (χ0n) is 9.10. The number of rotatable bonds is 2. The Morgan fingerprint density at radius 2 is 1.62 bits per heavy atom. The van der Waals surface area contributed by atoms with Crippen LogP contribution in [-0.4, -0.2) is 27.2 Å². The summed E-state index contributed by atoms with van der Waals surface area (Å²) in [5.74, 6) is 1.56. The molecule has 0 aliphatic carbocycles. The van der Waals surface area contributed by atoms with Crippen molar-refractivity contribution in [3.63, 3.8) is 0 Å². The van der Waals surface area contributed by atoms with Gasteiger partial charge in [-0.05, 0) is 24.6 Å². The molecule has 5 nitrogen and oxygen atoms in total. The Bertz CT molecular complexity index is 422. The Balaban J connectivity index is 0.000000385. The van der Waals surface area contributed by atoms with Crippen molar-refractivity contribution in [3.05, 3.63) is 23.8 Å². The van der Waals surface area contributed by atoms with Crippen LogP contribution in [0.1, 0.15) is 5.56 Å². The lowest BCUT2D eigenvalue weighted by molar-refractivity contribution is 0.354. The third-order valence-electron chi connectivity index (χ3n) is 1.54. The van der Waals surface area contributed by atoms with Gasteiger partial charge in [0.15, 0.2) is 11.5 Å². The first-order chi connectivity index (χ1) is 7.27. The molecule has 1 N–H and O–H groups in total. The lowest BCUT2D eigenvalue weighted by atomic mass is 10.2. The number of benzene rings is 1. The van der Waals surface area contributed by atoms with Gasteiger partial charge in [0.1, 0.15) is 0 Å². The van der Waals surface area contributed by atoms with Crippen LogP contribution in [0.15, 0.2) is 18.2 Å². The zero-order valence-corrected chi connectivity index (χ0v) is 10.7. The Labute approximate surface area is 99.2 Å². The monoisotopic (exact) mass is 268 g/mol. The number of methoxy groups -OCH3 is 2. The summed E-state index contributed by atoms with van der Waals surface area (Å²) < 4.78 is 35.3. The minimum Gasteiger partial charge on any atom is -0.493 e. The molecule has 1 rings (SSSR count). The van der Waals surface area contributed by atoms with Gasteiger partial charge < -0.3 is 9.47 Å². The SMILES string of the molecule is COc1ccc(C)cc1OC.O=S(=O)(O)Cl. The highest BCUT2D eigenvalue weighted by Crippen LogP contribution is 2.26. The molecule has 0 aromatic heterocycles. The molecule has 0 aliphatic rings. The summed E-state index contributed by atoms with van der Waals surface area (Å²) in [4.78, 5) is 0. The molecule has 0 spiro atoms. The van der Waals surface area contributed by atoms with Crippen LogP contribution in [0.4, 0.5) is 0 Å². The third-order valence-corrected chi connectivity index (χ3v) is 1.54. The maximum Gasteiger partial charge on any atom is 0.353 e. The van der Waals surface area contributed by atoms with Crippen molar-refractivity contribution < 1.29 is 22.4 Å². The standard InChI is InChI=1S/C9H12O2.ClHO3S/c1-7-4-5-8(10-2)9(6-7)11-3;1-5(2,3)4/h4-6H,1-3H3;(H,2,3,4). The number of aryl methyl sites for hydroxylation is 1. The van der Waals surface area contributed by atoms with E-state index in [-0.39, 0.29) is 0 Å². The van der Waals surface area contributed by atoms with E-state index in [0.717, 1.165) is 11.5 Å². The fourth-order valence-electron chi connectivity index (χ4n) is 0.943. The molecular weight excluding hydrogens is 256 g/mol. The van der Waals surface area contributed by atoms with Crippen molar-refractivity contribution in [1.82, 2.24) is 0 Å². The van der Waals surface area contributed by atoms with Gasteiger partial charge in [0.25, 0.3) is 0 Å². The lowest BCUT2D eigenvalue weighted by Crippen LogP contribution is -1.90. The molecule has 0 fully saturated rings. The van der Waals surface area contributed by atoms with Gasteiger partial charge in [-0.1, -0.05) is 6.07 Å². The van der Waals surface area contributed by atoms with Crippen LogP contribution >= 0.6 is 10.7 Å². The topological polar surface area (TPSA) is 72.8 Å². The molecule has 0 saturated heterocycles. The van der Waals surface area contributed by atoms with Crippen molar-refractivity contribution in [1.29, 1.82) is 0 Å². The van der Waals surface area contributed by atoms with Gasteiger partial charge in [-0.15, -0.1) is 0 Å². The number of ether oxygens (including phenoxy) is 2. The number of halogens is 1. The van der Waals surface area contributed by atoms with E-state index in [4.69, 9.17) is 22.4 Å². The van der Waals surface area contributed by atoms with Gasteiger partial charge in [0, 0.05) is 10.7 Å². The van der Waals surface area contributed by atoms with Crippen molar-refractivity contribution in [2.24, 2.45) is 0 Å². The van der Waals surface area contributed by atoms with E-state index < -0.39 is 9.33 Å². The van der Waals surface area contributed by atoms with Gasteiger partial charge in [-0.2, -0.15) is 8.42 Å². The first-order valence-electron chi connectivity index (χ1n) is 4.13. The lowest BCUT2D eigenvalue weighted by Gasteiger charge is -2.06.